The summed E-state index contributed by atoms with van der Waals surface area (Å²) in [6, 6.07) is 8.51. The summed E-state index contributed by atoms with van der Waals surface area (Å²) in [5.41, 5.74) is 0.248. The molecule has 0 aliphatic carbocycles. The molecule has 2 aromatic rings. The Hall–Kier alpha value is -3.36. The first kappa shape index (κ1) is 20.0. The number of nitrogens with zero attached hydrogens (tertiary/aromatic N) is 1. The number of halogens is 1. The molecule has 9 heteroatoms. The van der Waals surface area contributed by atoms with Gasteiger partial charge in [-0.05, 0) is 24.6 Å². The van der Waals surface area contributed by atoms with Crippen LogP contribution in [0.2, 0.25) is 0 Å². The summed E-state index contributed by atoms with van der Waals surface area (Å²) < 4.78 is 28.7. The molecule has 0 fully saturated rings. The lowest BCUT2D eigenvalue weighted by Gasteiger charge is -2.11. The number of rotatable bonds is 9. The van der Waals surface area contributed by atoms with Gasteiger partial charge in [0.15, 0.2) is 29.7 Å². The van der Waals surface area contributed by atoms with E-state index >= 15 is 0 Å². The Kier molecular flexibility index (Phi) is 6.93. The number of amides is 1. The topological polar surface area (TPSA) is 99.9 Å². The van der Waals surface area contributed by atoms with Crippen LogP contribution in [0, 0.1) is 15.9 Å². The Labute approximate surface area is 155 Å². The van der Waals surface area contributed by atoms with Crippen LogP contribution in [0.5, 0.6) is 17.2 Å². The maximum atomic E-state index is 13.4. The summed E-state index contributed by atoms with van der Waals surface area (Å²) >= 11 is 0. The molecule has 0 unspecified atom stereocenters. The fraction of sp³-hybridized carbons (Fsp3) is 0.278. The number of para-hydroxylation sites is 1. The molecule has 0 spiro atoms. The lowest BCUT2D eigenvalue weighted by molar-refractivity contribution is -0.385. The van der Waals surface area contributed by atoms with E-state index in [-0.39, 0.29) is 36.8 Å². The van der Waals surface area contributed by atoms with E-state index < -0.39 is 16.6 Å². The maximum Gasteiger partial charge on any atom is 0.276 e. The quantitative estimate of drug-likeness (QED) is 0.532. The van der Waals surface area contributed by atoms with E-state index in [0.29, 0.717) is 11.3 Å². The standard InChI is InChI=1S/C18H19FN2O6/c1-25-16-9-12(14(21(23)24)10-17(16)26-2)7-8-20-18(22)11-27-15-6-4-3-5-13(15)19/h3-6,9-10H,7-8,11H2,1-2H3,(H,20,22). The molecular weight excluding hydrogens is 359 g/mol. The van der Waals surface area contributed by atoms with Crippen molar-refractivity contribution < 1.29 is 28.3 Å². The summed E-state index contributed by atoms with van der Waals surface area (Å²) in [5.74, 6) is -0.460. The summed E-state index contributed by atoms with van der Waals surface area (Å²) in [6.07, 6.45) is 0.197. The second-order valence-corrected chi connectivity index (χ2v) is 5.41. The molecule has 2 aromatic carbocycles. The van der Waals surface area contributed by atoms with E-state index in [1.807, 2.05) is 0 Å². The van der Waals surface area contributed by atoms with Gasteiger partial charge in [-0.15, -0.1) is 0 Å². The maximum absolute atomic E-state index is 13.4. The van der Waals surface area contributed by atoms with Crippen molar-refractivity contribution in [2.24, 2.45) is 0 Å². The largest absolute Gasteiger partial charge is 0.493 e. The second-order valence-electron chi connectivity index (χ2n) is 5.41. The third kappa shape index (κ3) is 5.30. The van der Waals surface area contributed by atoms with Crippen LogP contribution >= 0.6 is 0 Å². The number of hydrogen-bond acceptors (Lipinski definition) is 6. The lowest BCUT2D eigenvalue weighted by atomic mass is 10.1. The first-order valence-electron chi connectivity index (χ1n) is 7.99. The van der Waals surface area contributed by atoms with Crippen LogP contribution in [0.1, 0.15) is 5.56 Å². The van der Waals surface area contributed by atoms with Crippen LogP contribution in [0.15, 0.2) is 36.4 Å². The minimum absolute atomic E-state index is 0.0248. The van der Waals surface area contributed by atoms with Crippen LogP contribution in [0.25, 0.3) is 0 Å². The zero-order valence-electron chi connectivity index (χ0n) is 14.9. The van der Waals surface area contributed by atoms with Gasteiger partial charge in [-0.1, -0.05) is 12.1 Å². The van der Waals surface area contributed by atoms with E-state index in [4.69, 9.17) is 14.2 Å². The number of nitro groups is 1. The summed E-state index contributed by atoms with van der Waals surface area (Å²) in [4.78, 5) is 22.5. The van der Waals surface area contributed by atoms with Crippen molar-refractivity contribution in [1.29, 1.82) is 0 Å². The smallest absolute Gasteiger partial charge is 0.276 e. The fourth-order valence-electron chi connectivity index (χ4n) is 2.37. The highest BCUT2D eigenvalue weighted by molar-refractivity contribution is 5.77. The molecule has 144 valence electrons. The molecule has 0 atom stereocenters. The highest BCUT2D eigenvalue weighted by atomic mass is 19.1. The number of ether oxygens (including phenoxy) is 3. The third-order valence-corrected chi connectivity index (χ3v) is 3.69. The SMILES string of the molecule is COc1cc(CCNC(=O)COc2ccccc2F)c([N+](=O)[O-])cc1OC. The first-order valence-corrected chi connectivity index (χ1v) is 7.99. The number of hydrogen-bond donors (Lipinski definition) is 1. The van der Waals surface area contributed by atoms with Gasteiger partial charge in [0.1, 0.15) is 0 Å². The average molecular weight is 378 g/mol. The first-order chi connectivity index (χ1) is 13.0. The molecule has 2 rings (SSSR count). The average Bonchev–Trinajstić information content (AvgIpc) is 2.66. The van der Waals surface area contributed by atoms with Crippen molar-refractivity contribution in [1.82, 2.24) is 5.32 Å². The molecule has 0 saturated carbocycles. The zero-order chi connectivity index (χ0) is 19.8. The molecular formula is C18H19FN2O6. The van der Waals surface area contributed by atoms with Crippen molar-refractivity contribution in [3.8, 4) is 17.2 Å². The molecule has 1 N–H and O–H groups in total. The van der Waals surface area contributed by atoms with Crippen LogP contribution in [-0.2, 0) is 11.2 Å². The van der Waals surface area contributed by atoms with Crippen molar-refractivity contribution in [3.63, 3.8) is 0 Å². The number of benzene rings is 2. The third-order valence-electron chi connectivity index (χ3n) is 3.69. The zero-order valence-corrected chi connectivity index (χ0v) is 14.9. The molecule has 0 bridgehead atoms. The molecule has 1 amide bonds. The number of carbonyl (C=O) groups excluding carboxylic acids is 1. The molecule has 0 radical (unpaired) electrons. The Morgan fingerprint density at radius 3 is 2.44 bits per heavy atom. The molecule has 0 aliphatic rings. The molecule has 0 aliphatic heterocycles. The summed E-state index contributed by atoms with van der Waals surface area (Å²) in [7, 11) is 2.81. The van der Waals surface area contributed by atoms with E-state index in [2.05, 4.69) is 5.32 Å². The van der Waals surface area contributed by atoms with Gasteiger partial charge in [0.2, 0.25) is 0 Å². The van der Waals surface area contributed by atoms with Crippen LogP contribution in [-0.4, -0.2) is 38.2 Å². The van der Waals surface area contributed by atoms with Crippen LogP contribution in [0.3, 0.4) is 0 Å². The normalized spacial score (nSPS) is 10.2. The molecule has 27 heavy (non-hydrogen) atoms. The van der Waals surface area contributed by atoms with Gasteiger partial charge in [0.25, 0.3) is 11.6 Å². The molecule has 0 aromatic heterocycles. The van der Waals surface area contributed by atoms with E-state index in [9.17, 15) is 19.3 Å². The van der Waals surface area contributed by atoms with E-state index in [0.717, 1.165) is 0 Å². The highest BCUT2D eigenvalue weighted by Gasteiger charge is 2.19. The van der Waals surface area contributed by atoms with Gasteiger partial charge >= 0.3 is 0 Å². The van der Waals surface area contributed by atoms with Gasteiger partial charge in [0.05, 0.1) is 25.2 Å². The van der Waals surface area contributed by atoms with Crippen molar-refractivity contribution in [3.05, 3.63) is 57.9 Å². The van der Waals surface area contributed by atoms with Crippen molar-refractivity contribution in [2.75, 3.05) is 27.4 Å². The molecule has 8 nitrogen and oxygen atoms in total. The Morgan fingerprint density at radius 1 is 1.15 bits per heavy atom. The number of nitrogens with one attached hydrogen (secondary N) is 1. The Balaban J connectivity index is 1.95. The summed E-state index contributed by atoms with van der Waals surface area (Å²) in [6.45, 7) is -0.231. The Morgan fingerprint density at radius 2 is 1.81 bits per heavy atom. The van der Waals surface area contributed by atoms with Crippen LogP contribution in [0.4, 0.5) is 10.1 Å². The van der Waals surface area contributed by atoms with E-state index in [1.165, 1.54) is 44.6 Å². The predicted molar refractivity (Wildman–Crippen MR) is 94.8 cm³/mol. The number of carbonyl (C=O) groups is 1. The monoisotopic (exact) mass is 378 g/mol. The van der Waals surface area contributed by atoms with E-state index in [1.54, 1.807) is 6.07 Å². The second kappa shape index (κ2) is 9.37. The minimum Gasteiger partial charge on any atom is -0.493 e. The van der Waals surface area contributed by atoms with Gasteiger partial charge < -0.3 is 19.5 Å². The van der Waals surface area contributed by atoms with Gasteiger partial charge in [-0.2, -0.15) is 0 Å². The number of methoxy groups -OCH3 is 2. The van der Waals surface area contributed by atoms with Gasteiger partial charge in [-0.3, -0.25) is 14.9 Å². The lowest BCUT2D eigenvalue weighted by Crippen LogP contribution is -2.30. The minimum atomic E-state index is -0.564. The van der Waals surface area contributed by atoms with Crippen molar-refractivity contribution in [2.45, 2.75) is 6.42 Å². The fourth-order valence-corrected chi connectivity index (χ4v) is 2.37. The van der Waals surface area contributed by atoms with Gasteiger partial charge in [-0.25, -0.2) is 4.39 Å². The molecule has 0 heterocycles. The van der Waals surface area contributed by atoms with Gasteiger partial charge in [0, 0.05) is 12.1 Å². The summed E-state index contributed by atoms with van der Waals surface area (Å²) in [5, 5.41) is 13.8. The highest BCUT2D eigenvalue weighted by Crippen LogP contribution is 2.34. The number of nitro benzene ring substituents is 1. The Bertz CT molecular complexity index is 827. The van der Waals surface area contributed by atoms with Crippen molar-refractivity contribution >= 4 is 11.6 Å². The predicted octanol–water partition coefficient (Wildman–Crippen LogP) is 2.49. The molecule has 0 saturated heterocycles. The van der Waals surface area contributed by atoms with Crippen LogP contribution < -0.4 is 19.5 Å².